The SMILES string of the molecule is CCC1CN(C)CCCN1CC(=O)c1cccc(Br)c1. The molecule has 1 heterocycles. The van der Waals surface area contributed by atoms with Crippen LogP contribution in [0, 0.1) is 0 Å². The van der Waals surface area contributed by atoms with E-state index in [9.17, 15) is 4.79 Å². The molecule has 0 bridgehead atoms. The van der Waals surface area contributed by atoms with E-state index in [-0.39, 0.29) is 5.78 Å². The summed E-state index contributed by atoms with van der Waals surface area (Å²) in [7, 11) is 2.17. The van der Waals surface area contributed by atoms with Gasteiger partial charge in [0.25, 0.3) is 0 Å². The van der Waals surface area contributed by atoms with Crippen molar-refractivity contribution in [3.63, 3.8) is 0 Å². The Kier molecular flexibility index (Phi) is 5.75. The minimum atomic E-state index is 0.217. The van der Waals surface area contributed by atoms with Gasteiger partial charge in [0.2, 0.25) is 0 Å². The third-order valence-corrected chi connectivity index (χ3v) is 4.48. The van der Waals surface area contributed by atoms with Crippen LogP contribution in [-0.2, 0) is 0 Å². The molecule has 1 atom stereocenters. The summed E-state index contributed by atoms with van der Waals surface area (Å²) < 4.78 is 0.964. The van der Waals surface area contributed by atoms with Crippen molar-refractivity contribution in [3.05, 3.63) is 34.3 Å². The summed E-state index contributed by atoms with van der Waals surface area (Å²) in [5, 5.41) is 0. The number of ketones is 1. The second kappa shape index (κ2) is 7.34. The van der Waals surface area contributed by atoms with Crippen LogP contribution in [0.5, 0.6) is 0 Å². The van der Waals surface area contributed by atoms with E-state index in [0.717, 1.165) is 42.5 Å². The van der Waals surface area contributed by atoms with Gasteiger partial charge in [0.05, 0.1) is 6.54 Å². The fourth-order valence-corrected chi connectivity index (χ4v) is 3.23. The first-order chi connectivity index (χ1) is 9.60. The Morgan fingerprint density at radius 1 is 1.40 bits per heavy atom. The molecular formula is C16H23BrN2O. The van der Waals surface area contributed by atoms with Crippen LogP contribution in [0.25, 0.3) is 0 Å². The Morgan fingerprint density at radius 2 is 2.20 bits per heavy atom. The monoisotopic (exact) mass is 338 g/mol. The van der Waals surface area contributed by atoms with Crippen LogP contribution in [0.4, 0.5) is 0 Å². The second-order valence-electron chi connectivity index (χ2n) is 5.58. The van der Waals surface area contributed by atoms with Crippen LogP contribution in [0.15, 0.2) is 28.7 Å². The predicted octanol–water partition coefficient (Wildman–Crippen LogP) is 3.05. The van der Waals surface area contributed by atoms with Gasteiger partial charge in [0, 0.05) is 29.2 Å². The molecule has 1 aliphatic heterocycles. The molecule has 0 amide bonds. The van der Waals surface area contributed by atoms with Gasteiger partial charge >= 0.3 is 0 Å². The second-order valence-corrected chi connectivity index (χ2v) is 6.50. The van der Waals surface area contributed by atoms with Crippen LogP contribution >= 0.6 is 15.9 Å². The molecule has 0 radical (unpaired) electrons. The normalized spacial score (nSPS) is 21.6. The van der Waals surface area contributed by atoms with Gasteiger partial charge in [0.1, 0.15) is 0 Å². The highest BCUT2D eigenvalue weighted by molar-refractivity contribution is 9.10. The first-order valence-corrected chi connectivity index (χ1v) is 8.10. The zero-order chi connectivity index (χ0) is 14.5. The highest BCUT2D eigenvalue weighted by Crippen LogP contribution is 2.15. The summed E-state index contributed by atoms with van der Waals surface area (Å²) in [6.07, 6.45) is 2.23. The highest BCUT2D eigenvalue weighted by Gasteiger charge is 2.24. The zero-order valence-electron chi connectivity index (χ0n) is 12.3. The number of hydrogen-bond donors (Lipinski definition) is 0. The van der Waals surface area contributed by atoms with Gasteiger partial charge in [-0.05, 0) is 38.6 Å². The molecule has 4 heteroatoms. The summed E-state index contributed by atoms with van der Waals surface area (Å²) in [5.41, 5.74) is 0.798. The highest BCUT2D eigenvalue weighted by atomic mass is 79.9. The number of rotatable bonds is 4. The Bertz CT molecular complexity index is 464. The largest absolute Gasteiger partial charge is 0.305 e. The minimum absolute atomic E-state index is 0.217. The van der Waals surface area contributed by atoms with Crippen molar-refractivity contribution in [2.24, 2.45) is 0 Å². The van der Waals surface area contributed by atoms with E-state index in [4.69, 9.17) is 0 Å². The molecule has 0 aromatic heterocycles. The van der Waals surface area contributed by atoms with Crippen molar-refractivity contribution in [2.75, 3.05) is 33.2 Å². The third-order valence-electron chi connectivity index (χ3n) is 3.99. The minimum Gasteiger partial charge on any atom is -0.305 e. The van der Waals surface area contributed by atoms with Crippen molar-refractivity contribution >= 4 is 21.7 Å². The first kappa shape index (κ1) is 15.7. The molecule has 1 aromatic carbocycles. The zero-order valence-corrected chi connectivity index (χ0v) is 13.9. The molecule has 0 spiro atoms. The van der Waals surface area contributed by atoms with Crippen molar-refractivity contribution in [1.82, 2.24) is 9.80 Å². The summed E-state index contributed by atoms with van der Waals surface area (Å²) in [4.78, 5) is 17.2. The average Bonchev–Trinajstić information content (AvgIpc) is 2.60. The topological polar surface area (TPSA) is 23.6 Å². The van der Waals surface area contributed by atoms with Crippen molar-refractivity contribution in [3.8, 4) is 0 Å². The molecule has 2 rings (SSSR count). The molecule has 110 valence electrons. The van der Waals surface area contributed by atoms with Crippen LogP contribution in [0.3, 0.4) is 0 Å². The lowest BCUT2D eigenvalue weighted by Gasteiger charge is -2.29. The molecular weight excluding hydrogens is 316 g/mol. The number of benzene rings is 1. The lowest BCUT2D eigenvalue weighted by Crippen LogP contribution is -2.42. The number of hydrogen-bond acceptors (Lipinski definition) is 3. The first-order valence-electron chi connectivity index (χ1n) is 7.31. The molecule has 20 heavy (non-hydrogen) atoms. The smallest absolute Gasteiger partial charge is 0.176 e. The lowest BCUT2D eigenvalue weighted by molar-refractivity contribution is 0.0888. The Balaban J connectivity index is 2.05. The van der Waals surface area contributed by atoms with Crippen LogP contribution < -0.4 is 0 Å². The molecule has 3 nitrogen and oxygen atoms in total. The van der Waals surface area contributed by atoms with Crippen LogP contribution in [-0.4, -0.2) is 54.9 Å². The van der Waals surface area contributed by atoms with E-state index in [1.165, 1.54) is 0 Å². The molecule has 0 N–H and O–H groups in total. The lowest BCUT2D eigenvalue weighted by atomic mass is 10.1. The van der Waals surface area contributed by atoms with E-state index in [0.29, 0.717) is 12.6 Å². The molecule has 1 saturated heterocycles. The number of carbonyl (C=O) groups is 1. The van der Waals surface area contributed by atoms with Gasteiger partial charge in [0.15, 0.2) is 5.78 Å². The average molecular weight is 339 g/mol. The van der Waals surface area contributed by atoms with Crippen LogP contribution in [0.2, 0.25) is 0 Å². The molecule has 0 aliphatic carbocycles. The number of halogens is 1. The van der Waals surface area contributed by atoms with E-state index >= 15 is 0 Å². The van der Waals surface area contributed by atoms with E-state index in [2.05, 4.69) is 39.7 Å². The fourth-order valence-electron chi connectivity index (χ4n) is 2.83. The standard InChI is InChI=1S/C16H23BrN2O/c1-3-15-11-18(2)8-5-9-19(15)12-16(20)13-6-4-7-14(17)10-13/h4,6-7,10,15H,3,5,8-9,11-12H2,1-2H3. The molecule has 1 unspecified atom stereocenters. The van der Waals surface area contributed by atoms with Gasteiger partial charge in [-0.25, -0.2) is 0 Å². The molecule has 1 aromatic rings. The molecule has 0 saturated carbocycles. The van der Waals surface area contributed by atoms with Gasteiger partial charge in [-0.15, -0.1) is 0 Å². The number of carbonyl (C=O) groups excluding carboxylic acids is 1. The Hall–Kier alpha value is -0.710. The van der Waals surface area contributed by atoms with E-state index < -0.39 is 0 Å². The number of likely N-dealkylation sites (N-methyl/N-ethyl adjacent to an activating group) is 1. The molecule has 1 aliphatic rings. The Labute approximate surface area is 130 Å². The third kappa shape index (κ3) is 4.14. The van der Waals surface area contributed by atoms with E-state index in [1.54, 1.807) is 0 Å². The fraction of sp³-hybridized carbons (Fsp3) is 0.562. The summed E-state index contributed by atoms with van der Waals surface area (Å²) in [6.45, 7) is 5.94. The maximum Gasteiger partial charge on any atom is 0.176 e. The number of nitrogens with zero attached hydrogens (tertiary/aromatic N) is 2. The summed E-state index contributed by atoms with van der Waals surface area (Å²) in [5.74, 6) is 0.217. The van der Waals surface area contributed by atoms with E-state index in [1.807, 2.05) is 24.3 Å². The maximum atomic E-state index is 12.4. The Morgan fingerprint density at radius 3 is 2.90 bits per heavy atom. The summed E-state index contributed by atoms with van der Waals surface area (Å²) >= 11 is 3.43. The molecule has 1 fully saturated rings. The predicted molar refractivity (Wildman–Crippen MR) is 86.2 cm³/mol. The van der Waals surface area contributed by atoms with Crippen molar-refractivity contribution in [1.29, 1.82) is 0 Å². The van der Waals surface area contributed by atoms with Gasteiger partial charge in [-0.3, -0.25) is 9.69 Å². The van der Waals surface area contributed by atoms with Gasteiger partial charge in [-0.1, -0.05) is 35.0 Å². The van der Waals surface area contributed by atoms with Crippen LogP contribution in [0.1, 0.15) is 30.1 Å². The maximum absolute atomic E-state index is 12.4. The van der Waals surface area contributed by atoms with Gasteiger partial charge < -0.3 is 4.90 Å². The van der Waals surface area contributed by atoms with Gasteiger partial charge in [-0.2, -0.15) is 0 Å². The quantitative estimate of drug-likeness (QED) is 0.788. The summed E-state index contributed by atoms with van der Waals surface area (Å²) in [6, 6.07) is 8.17. The number of Topliss-reactive ketones (excluding diaryl/α,β-unsaturated/α-hetero) is 1. The van der Waals surface area contributed by atoms with Crippen molar-refractivity contribution in [2.45, 2.75) is 25.8 Å². The van der Waals surface area contributed by atoms with Crippen molar-refractivity contribution < 1.29 is 4.79 Å².